The largest absolute Gasteiger partial charge is 0.370 e. The molecular formula is C18H33N5. The van der Waals surface area contributed by atoms with Gasteiger partial charge in [-0.15, -0.1) is 0 Å². The van der Waals surface area contributed by atoms with Gasteiger partial charge in [0, 0.05) is 12.7 Å². The summed E-state index contributed by atoms with van der Waals surface area (Å²) in [4.78, 5) is 4.39. The highest BCUT2D eigenvalue weighted by atomic mass is 15.3. The Kier molecular flexibility index (Phi) is 7.98. The fourth-order valence-corrected chi connectivity index (χ4v) is 3.18. The molecule has 0 unspecified atom stereocenters. The molecule has 5 nitrogen and oxygen atoms in total. The van der Waals surface area contributed by atoms with Gasteiger partial charge in [0.2, 0.25) is 0 Å². The third kappa shape index (κ3) is 6.63. The fourth-order valence-electron chi connectivity index (χ4n) is 3.18. The second-order valence-electron chi connectivity index (χ2n) is 6.62. The van der Waals surface area contributed by atoms with Crippen molar-refractivity contribution >= 4 is 5.96 Å². The van der Waals surface area contributed by atoms with Gasteiger partial charge in [-0.25, -0.2) is 4.99 Å². The number of hydrogen-bond donors (Lipinski definition) is 2. The van der Waals surface area contributed by atoms with Crippen LogP contribution in [0.5, 0.6) is 0 Å². The third-order valence-electron chi connectivity index (χ3n) is 4.61. The first-order valence-electron chi connectivity index (χ1n) is 9.37. The zero-order chi connectivity index (χ0) is 16.3. The lowest BCUT2D eigenvalue weighted by atomic mass is 10.1. The van der Waals surface area contributed by atoms with Crippen molar-refractivity contribution in [3.8, 4) is 0 Å². The lowest BCUT2D eigenvalue weighted by Gasteiger charge is -2.08. The maximum atomic E-state index is 5.92. The van der Waals surface area contributed by atoms with E-state index in [4.69, 9.17) is 5.73 Å². The van der Waals surface area contributed by atoms with E-state index < -0.39 is 0 Å². The number of aromatic nitrogens is 2. The van der Waals surface area contributed by atoms with Crippen LogP contribution in [0, 0.1) is 0 Å². The summed E-state index contributed by atoms with van der Waals surface area (Å²) >= 11 is 0. The molecule has 2 rings (SSSR count). The van der Waals surface area contributed by atoms with Crippen LogP contribution in [-0.4, -0.2) is 22.3 Å². The van der Waals surface area contributed by atoms with Gasteiger partial charge in [-0.05, 0) is 25.3 Å². The molecule has 0 amide bonds. The molecule has 0 spiro atoms. The van der Waals surface area contributed by atoms with E-state index in [9.17, 15) is 0 Å². The van der Waals surface area contributed by atoms with Crippen LogP contribution in [0.1, 0.15) is 82.9 Å². The van der Waals surface area contributed by atoms with Gasteiger partial charge >= 0.3 is 0 Å². The Balaban J connectivity index is 1.60. The Hall–Kier alpha value is -1.52. The summed E-state index contributed by atoms with van der Waals surface area (Å²) in [5, 5.41) is 7.83. The maximum absolute atomic E-state index is 5.92. The van der Waals surface area contributed by atoms with E-state index in [1.54, 1.807) is 0 Å². The summed E-state index contributed by atoms with van der Waals surface area (Å²) < 4.78 is 2.11. The Labute approximate surface area is 140 Å². The molecule has 1 saturated carbocycles. The van der Waals surface area contributed by atoms with Gasteiger partial charge in [-0.3, -0.25) is 4.68 Å². The highest BCUT2D eigenvalue weighted by Crippen LogP contribution is 2.28. The SMILES string of the molecule is CCCCCCCCNC(N)=NCc1ccn(C2CCCC2)n1. The van der Waals surface area contributed by atoms with Gasteiger partial charge in [-0.1, -0.05) is 51.9 Å². The van der Waals surface area contributed by atoms with Crippen molar-refractivity contribution in [3.05, 3.63) is 18.0 Å². The second kappa shape index (κ2) is 10.3. The predicted molar refractivity (Wildman–Crippen MR) is 96.4 cm³/mol. The lowest BCUT2D eigenvalue weighted by Crippen LogP contribution is -2.32. The molecule has 0 atom stereocenters. The molecule has 23 heavy (non-hydrogen) atoms. The van der Waals surface area contributed by atoms with Crippen molar-refractivity contribution in [2.45, 2.75) is 83.7 Å². The standard InChI is InChI=1S/C18H33N5/c1-2-3-4-5-6-9-13-20-18(19)21-15-16-12-14-23(22-16)17-10-7-8-11-17/h12,14,17H,2-11,13,15H2,1H3,(H3,19,20,21). The minimum atomic E-state index is 0.536. The average Bonchev–Trinajstić information content (AvgIpc) is 3.23. The molecule has 0 saturated heterocycles. The minimum Gasteiger partial charge on any atom is -0.370 e. The topological polar surface area (TPSA) is 68.2 Å². The van der Waals surface area contributed by atoms with E-state index in [2.05, 4.69) is 39.3 Å². The van der Waals surface area contributed by atoms with Crippen LogP contribution in [0.4, 0.5) is 0 Å². The van der Waals surface area contributed by atoms with Crippen LogP contribution < -0.4 is 11.1 Å². The quantitative estimate of drug-likeness (QED) is 0.392. The van der Waals surface area contributed by atoms with E-state index >= 15 is 0 Å². The van der Waals surface area contributed by atoms with Crippen LogP contribution in [0.15, 0.2) is 17.3 Å². The Morgan fingerprint density at radius 1 is 1.26 bits per heavy atom. The second-order valence-corrected chi connectivity index (χ2v) is 6.62. The van der Waals surface area contributed by atoms with Crippen molar-refractivity contribution in [2.24, 2.45) is 10.7 Å². The zero-order valence-electron chi connectivity index (χ0n) is 14.6. The molecule has 1 heterocycles. The number of hydrogen-bond acceptors (Lipinski definition) is 2. The summed E-state index contributed by atoms with van der Waals surface area (Å²) in [6.45, 7) is 3.72. The number of aliphatic imine (C=N–C) groups is 1. The molecule has 1 aromatic rings. The molecule has 0 aliphatic heterocycles. The Morgan fingerprint density at radius 2 is 2.00 bits per heavy atom. The zero-order valence-corrected chi connectivity index (χ0v) is 14.6. The van der Waals surface area contributed by atoms with Crippen LogP contribution in [-0.2, 0) is 6.54 Å². The van der Waals surface area contributed by atoms with Crippen LogP contribution in [0.2, 0.25) is 0 Å². The summed E-state index contributed by atoms with van der Waals surface area (Å²) in [6.07, 6.45) is 15.0. The van der Waals surface area contributed by atoms with Gasteiger partial charge < -0.3 is 11.1 Å². The average molecular weight is 319 g/mol. The highest BCUT2D eigenvalue weighted by molar-refractivity contribution is 5.77. The summed E-state index contributed by atoms with van der Waals surface area (Å²) in [5.74, 6) is 0.536. The molecule has 130 valence electrons. The van der Waals surface area contributed by atoms with E-state index in [1.807, 2.05) is 0 Å². The third-order valence-corrected chi connectivity index (χ3v) is 4.61. The molecule has 5 heteroatoms. The smallest absolute Gasteiger partial charge is 0.188 e. The minimum absolute atomic E-state index is 0.536. The number of rotatable bonds is 10. The van der Waals surface area contributed by atoms with Gasteiger partial charge in [0.05, 0.1) is 18.3 Å². The van der Waals surface area contributed by atoms with E-state index in [0.29, 0.717) is 18.5 Å². The number of guanidine groups is 1. The van der Waals surface area contributed by atoms with Gasteiger partial charge in [0.25, 0.3) is 0 Å². The monoisotopic (exact) mass is 319 g/mol. The molecule has 3 N–H and O–H groups in total. The number of unbranched alkanes of at least 4 members (excludes halogenated alkanes) is 5. The molecule has 1 aromatic heterocycles. The Morgan fingerprint density at radius 3 is 2.78 bits per heavy atom. The molecular weight excluding hydrogens is 286 g/mol. The van der Waals surface area contributed by atoms with Crippen LogP contribution in [0.3, 0.4) is 0 Å². The fraction of sp³-hybridized carbons (Fsp3) is 0.778. The molecule has 1 aliphatic rings. The maximum Gasteiger partial charge on any atom is 0.188 e. The first-order valence-corrected chi connectivity index (χ1v) is 9.37. The van der Waals surface area contributed by atoms with E-state index in [0.717, 1.165) is 18.7 Å². The Bertz CT molecular complexity index is 460. The number of nitrogens with one attached hydrogen (secondary N) is 1. The number of nitrogens with two attached hydrogens (primary N) is 1. The summed E-state index contributed by atoms with van der Waals surface area (Å²) in [6, 6.07) is 2.65. The van der Waals surface area contributed by atoms with Crippen molar-refractivity contribution in [1.82, 2.24) is 15.1 Å². The normalized spacial score (nSPS) is 16.1. The molecule has 0 bridgehead atoms. The van der Waals surface area contributed by atoms with E-state index in [1.165, 1.54) is 57.8 Å². The van der Waals surface area contributed by atoms with Gasteiger partial charge in [-0.2, -0.15) is 5.10 Å². The molecule has 1 fully saturated rings. The summed E-state index contributed by atoms with van der Waals surface area (Å²) in [5.41, 5.74) is 6.92. The first kappa shape index (κ1) is 17.8. The van der Waals surface area contributed by atoms with E-state index in [-0.39, 0.29) is 0 Å². The van der Waals surface area contributed by atoms with Crippen molar-refractivity contribution in [3.63, 3.8) is 0 Å². The molecule has 1 aliphatic carbocycles. The van der Waals surface area contributed by atoms with Crippen LogP contribution in [0.25, 0.3) is 0 Å². The summed E-state index contributed by atoms with van der Waals surface area (Å²) in [7, 11) is 0. The predicted octanol–water partition coefficient (Wildman–Crippen LogP) is 3.76. The first-order chi connectivity index (χ1) is 11.3. The van der Waals surface area contributed by atoms with Crippen LogP contribution >= 0.6 is 0 Å². The van der Waals surface area contributed by atoms with Gasteiger partial charge in [0.1, 0.15) is 0 Å². The highest BCUT2D eigenvalue weighted by Gasteiger charge is 2.17. The van der Waals surface area contributed by atoms with Crippen molar-refractivity contribution in [1.29, 1.82) is 0 Å². The van der Waals surface area contributed by atoms with Gasteiger partial charge in [0.15, 0.2) is 5.96 Å². The molecule has 0 radical (unpaired) electrons. The van der Waals surface area contributed by atoms with Crippen molar-refractivity contribution < 1.29 is 0 Å². The number of nitrogens with zero attached hydrogens (tertiary/aromatic N) is 3. The van der Waals surface area contributed by atoms with Crippen molar-refractivity contribution in [2.75, 3.05) is 6.54 Å². The molecule has 0 aromatic carbocycles. The lowest BCUT2D eigenvalue weighted by molar-refractivity contribution is 0.463.